The SMILES string of the molecule is COC1CCC(C2C[C@H](C3CCCCC3)[C@@H]3CC(S[C@H]4CCC5=C(C4)[C@H](C4CCCCC4)CC([C@@H]4CC=C(C)CC4)N5)=CC[C@@H]3N2)CC1. The number of piperidine rings is 1. The molecule has 0 spiro atoms. The largest absolute Gasteiger partial charge is 0.385 e. The molecule has 2 N–H and O–H groups in total. The fourth-order valence-electron chi connectivity index (χ4n) is 12.8. The van der Waals surface area contributed by atoms with Gasteiger partial charge in [-0.05, 0) is 162 Å². The van der Waals surface area contributed by atoms with Crippen LogP contribution in [0.2, 0.25) is 0 Å². The molecule has 0 aromatic heterocycles. The summed E-state index contributed by atoms with van der Waals surface area (Å²) in [5, 5.41) is 9.41. The van der Waals surface area contributed by atoms with E-state index >= 15 is 0 Å². The van der Waals surface area contributed by atoms with E-state index in [0.29, 0.717) is 6.10 Å². The Morgan fingerprint density at radius 3 is 2.15 bits per heavy atom. The highest BCUT2D eigenvalue weighted by Crippen LogP contribution is 2.52. The molecule has 0 aromatic carbocycles. The van der Waals surface area contributed by atoms with Gasteiger partial charge in [-0.15, -0.1) is 11.8 Å². The molecule has 4 fully saturated rings. The predicted molar refractivity (Wildman–Crippen MR) is 204 cm³/mol. The average Bonchev–Trinajstić information content (AvgIpc) is 3.15. The number of nitrogens with one attached hydrogen (secondary N) is 2. The molecule has 3 saturated carbocycles. The molecule has 2 heterocycles. The molecule has 48 heavy (non-hydrogen) atoms. The summed E-state index contributed by atoms with van der Waals surface area (Å²) in [6.45, 7) is 2.35. The third kappa shape index (κ3) is 7.72. The molecule has 8 rings (SSSR count). The molecule has 0 aromatic rings. The van der Waals surface area contributed by atoms with Crippen LogP contribution in [-0.2, 0) is 4.74 Å². The second kappa shape index (κ2) is 15.9. The molecule has 6 aliphatic carbocycles. The van der Waals surface area contributed by atoms with Crippen LogP contribution in [-0.4, -0.2) is 36.6 Å². The standard InChI is InChI=1S/C44H70N2OS/c1-29-13-15-32(16-14-29)43-27-37(30-9-5-3-6-10-30)39-25-35(21-23-41(39)45-43)48-36-22-24-42-40(26-36)38(31-11-7-4-8-12-31)28-44(46-42)33-17-19-34(47-2)20-18-33/h13,22,30-35,37-38,40,42-46H,3-12,14-21,23-28H2,1-2H3/t32-,33?,34?,35+,37+,38-,40+,42+,43?,44?/m1/s1. The van der Waals surface area contributed by atoms with Crippen molar-refractivity contribution in [1.29, 1.82) is 0 Å². The molecular weight excluding hydrogens is 605 g/mol. The van der Waals surface area contributed by atoms with Crippen molar-refractivity contribution in [2.45, 2.75) is 191 Å². The molecule has 0 radical (unpaired) electrons. The Kier molecular flexibility index (Phi) is 11.4. The molecule has 4 heteroatoms. The van der Waals surface area contributed by atoms with E-state index in [-0.39, 0.29) is 0 Å². The van der Waals surface area contributed by atoms with Gasteiger partial charge in [0.05, 0.1) is 6.10 Å². The lowest BCUT2D eigenvalue weighted by molar-refractivity contribution is 0.0218. The van der Waals surface area contributed by atoms with Crippen molar-refractivity contribution in [3.8, 4) is 0 Å². The van der Waals surface area contributed by atoms with E-state index in [2.05, 4.69) is 41.5 Å². The number of ether oxygens (including phenoxy) is 1. The van der Waals surface area contributed by atoms with Gasteiger partial charge in [0.2, 0.25) is 0 Å². The normalized spacial score (nSPS) is 41.9. The van der Waals surface area contributed by atoms with E-state index in [1.54, 1.807) is 16.2 Å². The van der Waals surface area contributed by atoms with Crippen LogP contribution >= 0.6 is 11.8 Å². The van der Waals surface area contributed by atoms with E-state index < -0.39 is 0 Å². The van der Waals surface area contributed by atoms with E-state index in [9.17, 15) is 0 Å². The summed E-state index contributed by atoms with van der Waals surface area (Å²) in [4.78, 5) is 1.78. The number of methoxy groups -OCH3 is 1. The van der Waals surface area contributed by atoms with Crippen molar-refractivity contribution in [1.82, 2.24) is 10.6 Å². The summed E-state index contributed by atoms with van der Waals surface area (Å²) in [5.74, 6) is 6.33. The lowest BCUT2D eigenvalue weighted by Crippen LogP contribution is -2.56. The summed E-state index contributed by atoms with van der Waals surface area (Å²) < 4.78 is 5.76. The molecule has 2 unspecified atom stereocenters. The molecule has 3 nitrogen and oxygen atoms in total. The van der Waals surface area contributed by atoms with E-state index in [1.165, 1.54) is 154 Å². The molecular formula is C44H70N2OS. The summed E-state index contributed by atoms with van der Waals surface area (Å²) >= 11 is 2.36. The zero-order chi connectivity index (χ0) is 32.5. The van der Waals surface area contributed by atoms with Gasteiger partial charge in [0.15, 0.2) is 0 Å². The average molecular weight is 675 g/mol. The van der Waals surface area contributed by atoms with E-state index in [1.807, 2.05) is 12.7 Å². The van der Waals surface area contributed by atoms with E-state index in [4.69, 9.17) is 4.74 Å². The maximum absolute atomic E-state index is 5.76. The predicted octanol–water partition coefficient (Wildman–Crippen LogP) is 11.3. The first-order chi connectivity index (χ1) is 23.6. The second-order valence-corrected chi connectivity index (χ2v) is 19.7. The highest BCUT2D eigenvalue weighted by Gasteiger charge is 2.46. The van der Waals surface area contributed by atoms with Gasteiger partial charge >= 0.3 is 0 Å². The lowest BCUT2D eigenvalue weighted by atomic mass is 9.62. The van der Waals surface area contributed by atoms with Crippen molar-refractivity contribution in [2.24, 2.45) is 41.4 Å². The molecule has 0 bridgehead atoms. The third-order valence-corrected chi connectivity index (χ3v) is 17.0. The van der Waals surface area contributed by atoms with Gasteiger partial charge in [-0.1, -0.05) is 69.1 Å². The molecule has 2 aliphatic heterocycles. The van der Waals surface area contributed by atoms with Gasteiger partial charge in [-0.2, -0.15) is 0 Å². The van der Waals surface area contributed by atoms with Crippen molar-refractivity contribution >= 4 is 11.8 Å². The van der Waals surface area contributed by atoms with Crippen LogP contribution in [0.15, 0.2) is 33.9 Å². The molecule has 1 saturated heterocycles. The third-order valence-electron chi connectivity index (χ3n) is 15.6. The van der Waals surface area contributed by atoms with Crippen LogP contribution < -0.4 is 10.6 Å². The maximum Gasteiger partial charge on any atom is 0.0571 e. The zero-order valence-electron chi connectivity index (χ0n) is 30.9. The number of hydrogen-bond acceptors (Lipinski definition) is 4. The van der Waals surface area contributed by atoms with Crippen LogP contribution in [0.5, 0.6) is 0 Å². The topological polar surface area (TPSA) is 33.3 Å². The highest BCUT2D eigenvalue weighted by molar-refractivity contribution is 8.03. The summed E-state index contributed by atoms with van der Waals surface area (Å²) in [6, 6.07) is 2.18. The minimum absolute atomic E-state index is 0.512. The fraction of sp³-hybridized carbons (Fsp3) is 0.864. The summed E-state index contributed by atoms with van der Waals surface area (Å²) in [5.41, 5.74) is 5.26. The first-order valence-electron chi connectivity index (χ1n) is 21.4. The first-order valence-corrected chi connectivity index (χ1v) is 22.3. The Labute approximate surface area is 299 Å². The monoisotopic (exact) mass is 675 g/mol. The Balaban J connectivity index is 0.950. The van der Waals surface area contributed by atoms with Crippen LogP contribution in [0.25, 0.3) is 0 Å². The summed E-state index contributed by atoms with van der Waals surface area (Å²) in [7, 11) is 1.92. The Morgan fingerprint density at radius 1 is 0.646 bits per heavy atom. The number of allylic oxidation sites excluding steroid dienone is 5. The number of hydrogen-bond donors (Lipinski definition) is 2. The van der Waals surface area contributed by atoms with Gasteiger partial charge in [0.1, 0.15) is 0 Å². The van der Waals surface area contributed by atoms with Gasteiger partial charge in [0.25, 0.3) is 0 Å². The first kappa shape index (κ1) is 34.4. The Hall–Kier alpha value is -0.710. The number of thioether (sulfide) groups is 1. The smallest absolute Gasteiger partial charge is 0.0571 e. The van der Waals surface area contributed by atoms with Crippen molar-refractivity contribution in [2.75, 3.05) is 7.11 Å². The van der Waals surface area contributed by atoms with Crippen LogP contribution in [0.3, 0.4) is 0 Å². The molecule has 8 aliphatic rings. The quantitative estimate of drug-likeness (QED) is 0.263. The summed E-state index contributed by atoms with van der Waals surface area (Å²) in [6.07, 6.45) is 39.6. The Morgan fingerprint density at radius 2 is 1.42 bits per heavy atom. The van der Waals surface area contributed by atoms with Gasteiger partial charge in [-0.3, -0.25) is 0 Å². The maximum atomic E-state index is 5.76. The van der Waals surface area contributed by atoms with Crippen LogP contribution in [0, 0.1) is 41.4 Å². The zero-order valence-corrected chi connectivity index (χ0v) is 31.7. The molecule has 268 valence electrons. The van der Waals surface area contributed by atoms with Gasteiger partial charge in [-0.25, -0.2) is 0 Å². The highest BCUT2D eigenvalue weighted by atomic mass is 32.2. The van der Waals surface area contributed by atoms with Crippen LogP contribution in [0.1, 0.15) is 161 Å². The lowest BCUT2D eigenvalue weighted by Gasteiger charge is -2.51. The molecule has 0 amide bonds. The van der Waals surface area contributed by atoms with Gasteiger partial charge < -0.3 is 15.4 Å². The molecule has 8 atom stereocenters. The number of rotatable bonds is 7. The van der Waals surface area contributed by atoms with Crippen LogP contribution in [0.4, 0.5) is 0 Å². The fourth-order valence-corrected chi connectivity index (χ4v) is 14.2. The minimum atomic E-state index is 0.512. The minimum Gasteiger partial charge on any atom is -0.385 e. The van der Waals surface area contributed by atoms with E-state index in [0.717, 1.165) is 64.8 Å². The van der Waals surface area contributed by atoms with Gasteiger partial charge in [0, 0.05) is 36.2 Å². The Bertz CT molecular complexity index is 1170. The second-order valence-electron chi connectivity index (χ2n) is 18.3. The van der Waals surface area contributed by atoms with Crippen molar-refractivity contribution in [3.63, 3.8) is 0 Å². The van der Waals surface area contributed by atoms with Crippen molar-refractivity contribution < 1.29 is 4.74 Å². The number of fused-ring (bicyclic) bond motifs is 1. The van der Waals surface area contributed by atoms with Crippen molar-refractivity contribution in [3.05, 3.63) is 33.9 Å².